The first-order chi connectivity index (χ1) is 12.5. The van der Waals surface area contributed by atoms with Crippen LogP contribution in [-0.4, -0.2) is 46.1 Å². The lowest BCUT2D eigenvalue weighted by Crippen LogP contribution is -2.52. The zero-order valence-electron chi connectivity index (χ0n) is 14.7. The lowest BCUT2D eigenvalue weighted by atomic mass is 9.95. The Bertz CT molecular complexity index is 753. The van der Waals surface area contributed by atoms with Crippen LogP contribution in [0.25, 0.3) is 0 Å². The predicted octanol–water partition coefficient (Wildman–Crippen LogP) is 1.36. The van der Waals surface area contributed by atoms with Crippen LogP contribution in [0.5, 0.6) is 0 Å². The highest BCUT2D eigenvalue weighted by molar-refractivity contribution is 5.87. The summed E-state index contributed by atoms with van der Waals surface area (Å²) in [5, 5.41) is 6.40. The number of carbonyl (C=O) groups excluding carboxylic acids is 2. The number of nitrogens with two attached hydrogens (primary N) is 1. The highest BCUT2D eigenvalue weighted by Gasteiger charge is 2.31. The Labute approximate surface area is 151 Å². The average molecular weight is 357 g/mol. The van der Waals surface area contributed by atoms with E-state index in [1.54, 1.807) is 11.8 Å². The molecule has 1 atom stereocenters. The average Bonchev–Trinajstić information content (AvgIpc) is 3.08. The van der Waals surface area contributed by atoms with E-state index in [0.29, 0.717) is 31.2 Å². The summed E-state index contributed by atoms with van der Waals surface area (Å²) < 4.78 is 5.24. The van der Waals surface area contributed by atoms with Gasteiger partial charge < -0.3 is 20.5 Å². The van der Waals surface area contributed by atoms with Crippen molar-refractivity contribution in [2.45, 2.75) is 38.1 Å². The Hall–Kier alpha value is -2.90. The number of primary amides is 1. The van der Waals surface area contributed by atoms with Crippen molar-refractivity contribution < 1.29 is 14.1 Å². The summed E-state index contributed by atoms with van der Waals surface area (Å²) >= 11 is 0. The third kappa shape index (κ3) is 4.38. The molecule has 1 unspecified atom stereocenters. The van der Waals surface area contributed by atoms with Crippen LogP contribution in [0.2, 0.25) is 0 Å². The van der Waals surface area contributed by atoms with Crippen molar-refractivity contribution >= 4 is 11.9 Å². The van der Waals surface area contributed by atoms with Gasteiger partial charge in [0, 0.05) is 25.4 Å². The molecular weight excluding hydrogens is 334 g/mol. The van der Waals surface area contributed by atoms with E-state index in [9.17, 15) is 9.59 Å². The number of rotatable bonds is 5. The third-order valence-electron chi connectivity index (χ3n) is 4.60. The van der Waals surface area contributed by atoms with Crippen LogP contribution < -0.4 is 11.1 Å². The molecule has 0 radical (unpaired) electrons. The largest absolute Gasteiger partial charge is 0.352 e. The van der Waals surface area contributed by atoms with Gasteiger partial charge in [0.2, 0.25) is 11.8 Å². The van der Waals surface area contributed by atoms with Gasteiger partial charge in [0.25, 0.3) is 0 Å². The summed E-state index contributed by atoms with van der Waals surface area (Å²) in [6.45, 7) is 2.95. The fourth-order valence-corrected chi connectivity index (χ4v) is 3.27. The highest BCUT2D eigenvalue weighted by Crippen LogP contribution is 2.27. The minimum absolute atomic E-state index is 0.118. The van der Waals surface area contributed by atoms with E-state index < -0.39 is 12.1 Å². The second-order valence-corrected chi connectivity index (χ2v) is 6.53. The minimum Gasteiger partial charge on any atom is -0.352 e. The molecule has 0 aliphatic carbocycles. The van der Waals surface area contributed by atoms with Crippen LogP contribution in [0, 0.1) is 6.92 Å². The Morgan fingerprint density at radius 1 is 1.31 bits per heavy atom. The summed E-state index contributed by atoms with van der Waals surface area (Å²) in [6, 6.07) is 8.19. The summed E-state index contributed by atoms with van der Waals surface area (Å²) in [5.41, 5.74) is 6.23. The van der Waals surface area contributed by atoms with Gasteiger partial charge in [-0.15, -0.1) is 0 Å². The van der Waals surface area contributed by atoms with E-state index >= 15 is 0 Å². The van der Waals surface area contributed by atoms with Crippen molar-refractivity contribution in [2.24, 2.45) is 5.73 Å². The Kier molecular flexibility index (Phi) is 5.50. The van der Waals surface area contributed by atoms with Crippen molar-refractivity contribution in [1.29, 1.82) is 0 Å². The number of nitrogens with one attached hydrogen (secondary N) is 1. The summed E-state index contributed by atoms with van der Waals surface area (Å²) in [5.74, 6) is 1.29. The molecule has 2 heterocycles. The second-order valence-electron chi connectivity index (χ2n) is 6.53. The number of piperidine rings is 1. The second kappa shape index (κ2) is 7.99. The van der Waals surface area contributed by atoms with Gasteiger partial charge in [-0.2, -0.15) is 4.98 Å². The molecule has 0 spiro atoms. The smallest absolute Gasteiger partial charge is 0.312 e. The Morgan fingerprint density at radius 3 is 2.58 bits per heavy atom. The molecule has 1 aliphatic heterocycles. The van der Waals surface area contributed by atoms with E-state index in [0.717, 1.165) is 18.4 Å². The van der Waals surface area contributed by atoms with Crippen molar-refractivity contribution in [3.63, 3.8) is 0 Å². The first-order valence-corrected chi connectivity index (χ1v) is 8.72. The van der Waals surface area contributed by atoms with Gasteiger partial charge in [0.15, 0.2) is 5.82 Å². The maximum absolute atomic E-state index is 12.9. The van der Waals surface area contributed by atoms with Gasteiger partial charge in [0.1, 0.15) is 6.04 Å². The van der Waals surface area contributed by atoms with Gasteiger partial charge in [0.05, 0.1) is 0 Å². The summed E-state index contributed by atoms with van der Waals surface area (Å²) in [7, 11) is 0. The lowest BCUT2D eigenvalue weighted by molar-refractivity contribution is -0.134. The number of hydrogen-bond donors (Lipinski definition) is 2. The maximum Gasteiger partial charge on any atom is 0.312 e. The monoisotopic (exact) mass is 357 g/mol. The number of likely N-dealkylation sites (tertiary alicyclic amines) is 1. The van der Waals surface area contributed by atoms with E-state index in [1.165, 1.54) is 0 Å². The molecular formula is C18H23N5O3. The molecule has 1 aromatic heterocycles. The number of carbonyl (C=O) groups is 2. The van der Waals surface area contributed by atoms with Crippen LogP contribution in [0.1, 0.15) is 36.0 Å². The van der Waals surface area contributed by atoms with E-state index in [1.807, 2.05) is 30.3 Å². The number of amides is 3. The normalized spacial score (nSPS) is 16.3. The quantitative estimate of drug-likeness (QED) is 0.838. The molecule has 26 heavy (non-hydrogen) atoms. The molecule has 1 aliphatic rings. The highest BCUT2D eigenvalue weighted by atomic mass is 16.5. The van der Waals surface area contributed by atoms with E-state index in [2.05, 4.69) is 15.5 Å². The number of hydrogen-bond acceptors (Lipinski definition) is 5. The molecule has 3 amide bonds. The van der Waals surface area contributed by atoms with Crippen LogP contribution in [0.3, 0.4) is 0 Å². The molecule has 3 N–H and O–H groups in total. The molecule has 8 heteroatoms. The third-order valence-corrected chi connectivity index (χ3v) is 4.60. The van der Waals surface area contributed by atoms with Gasteiger partial charge in [-0.25, -0.2) is 4.79 Å². The molecule has 2 aromatic rings. The van der Waals surface area contributed by atoms with Gasteiger partial charge in [-0.1, -0.05) is 35.5 Å². The molecule has 0 bridgehead atoms. The number of nitrogens with zero attached hydrogens (tertiary/aromatic N) is 3. The first-order valence-electron chi connectivity index (χ1n) is 8.72. The topological polar surface area (TPSA) is 114 Å². The zero-order chi connectivity index (χ0) is 18.5. The van der Waals surface area contributed by atoms with E-state index in [-0.39, 0.29) is 11.8 Å². The van der Waals surface area contributed by atoms with Crippen molar-refractivity contribution in [1.82, 2.24) is 20.4 Å². The van der Waals surface area contributed by atoms with Gasteiger partial charge >= 0.3 is 6.03 Å². The maximum atomic E-state index is 12.9. The molecule has 1 saturated heterocycles. The standard InChI is InChI=1S/C18H23N5O3/c1-12-20-16(26-22-12)14-7-9-23(10-8-14)17(24)15(21-18(19)25)11-13-5-3-2-4-6-13/h2-6,14-15H,7-11H2,1H3,(H3,19,21,25). The van der Waals surface area contributed by atoms with Gasteiger partial charge in [-0.3, -0.25) is 4.79 Å². The SMILES string of the molecule is Cc1noc(C2CCN(C(=O)C(Cc3ccccc3)NC(N)=O)CC2)n1. The zero-order valence-corrected chi connectivity index (χ0v) is 14.7. The number of aromatic nitrogens is 2. The molecule has 0 saturated carbocycles. The first kappa shape index (κ1) is 17.9. The number of urea groups is 1. The summed E-state index contributed by atoms with van der Waals surface area (Å²) in [6.07, 6.45) is 1.91. The molecule has 138 valence electrons. The van der Waals surface area contributed by atoms with Crippen LogP contribution in [0.4, 0.5) is 4.79 Å². The van der Waals surface area contributed by atoms with Gasteiger partial charge in [-0.05, 0) is 25.3 Å². The van der Waals surface area contributed by atoms with Crippen LogP contribution in [0.15, 0.2) is 34.9 Å². The molecule has 1 aromatic carbocycles. The van der Waals surface area contributed by atoms with E-state index in [4.69, 9.17) is 10.3 Å². The summed E-state index contributed by atoms with van der Waals surface area (Å²) in [4.78, 5) is 30.3. The van der Waals surface area contributed by atoms with Crippen molar-refractivity contribution in [3.8, 4) is 0 Å². The minimum atomic E-state index is -0.699. The fourth-order valence-electron chi connectivity index (χ4n) is 3.27. The van der Waals surface area contributed by atoms with Crippen molar-refractivity contribution in [2.75, 3.05) is 13.1 Å². The fraction of sp³-hybridized carbons (Fsp3) is 0.444. The Balaban J connectivity index is 1.62. The predicted molar refractivity (Wildman–Crippen MR) is 94.2 cm³/mol. The number of benzene rings is 1. The molecule has 8 nitrogen and oxygen atoms in total. The number of aryl methyl sites for hydroxylation is 1. The van der Waals surface area contributed by atoms with Crippen LogP contribution >= 0.6 is 0 Å². The van der Waals surface area contributed by atoms with Crippen LogP contribution in [-0.2, 0) is 11.2 Å². The Morgan fingerprint density at radius 2 is 2.00 bits per heavy atom. The lowest BCUT2D eigenvalue weighted by Gasteiger charge is -2.33. The van der Waals surface area contributed by atoms with Crippen molar-refractivity contribution in [3.05, 3.63) is 47.6 Å². The molecule has 3 rings (SSSR count). The molecule has 1 fully saturated rings.